The van der Waals surface area contributed by atoms with E-state index in [9.17, 15) is 18.4 Å². The number of hydrogen-bond donors (Lipinski definition) is 1. The SMILES string of the molecule is C[C@@H](OC(=O)/C=C/c1ccc(C#N)cc1)C(=O)Nc1ccc(F)c(F)c1. The Morgan fingerprint density at radius 2 is 1.85 bits per heavy atom. The average Bonchev–Trinajstić information content (AvgIpc) is 2.63. The van der Waals surface area contributed by atoms with Gasteiger partial charge in [0.2, 0.25) is 0 Å². The third kappa shape index (κ3) is 5.24. The lowest BCUT2D eigenvalue weighted by Crippen LogP contribution is -2.29. The highest BCUT2D eigenvalue weighted by molar-refractivity contribution is 5.96. The molecule has 0 radical (unpaired) electrons. The molecule has 1 N–H and O–H groups in total. The van der Waals surface area contributed by atoms with Crippen LogP contribution in [0.3, 0.4) is 0 Å². The molecule has 0 fully saturated rings. The molecule has 132 valence electrons. The zero-order valence-corrected chi connectivity index (χ0v) is 13.7. The fourth-order valence-electron chi connectivity index (χ4n) is 1.92. The van der Waals surface area contributed by atoms with E-state index in [0.717, 1.165) is 18.2 Å². The molecule has 2 aromatic carbocycles. The fourth-order valence-corrected chi connectivity index (χ4v) is 1.92. The van der Waals surface area contributed by atoms with E-state index in [1.165, 1.54) is 19.1 Å². The second kappa shape index (κ2) is 8.53. The Bertz CT molecular complexity index is 887. The third-order valence-electron chi connectivity index (χ3n) is 3.30. The van der Waals surface area contributed by atoms with Crippen molar-refractivity contribution in [1.29, 1.82) is 5.26 Å². The number of anilines is 1. The van der Waals surface area contributed by atoms with Crippen LogP contribution in [0.15, 0.2) is 48.5 Å². The number of nitrogens with one attached hydrogen (secondary N) is 1. The Labute approximate surface area is 148 Å². The number of nitrogens with zero attached hydrogens (tertiary/aromatic N) is 1. The molecule has 1 atom stereocenters. The van der Waals surface area contributed by atoms with Crippen molar-refractivity contribution in [1.82, 2.24) is 0 Å². The summed E-state index contributed by atoms with van der Waals surface area (Å²) in [6, 6.07) is 11.4. The van der Waals surface area contributed by atoms with Crippen LogP contribution < -0.4 is 5.32 Å². The monoisotopic (exact) mass is 356 g/mol. The van der Waals surface area contributed by atoms with E-state index in [4.69, 9.17) is 10.00 Å². The van der Waals surface area contributed by atoms with Gasteiger partial charge in [-0.1, -0.05) is 12.1 Å². The number of hydrogen-bond acceptors (Lipinski definition) is 4. The maximum absolute atomic E-state index is 13.1. The molecule has 1 amide bonds. The minimum Gasteiger partial charge on any atom is -0.449 e. The summed E-state index contributed by atoms with van der Waals surface area (Å²) in [7, 11) is 0. The molecule has 2 rings (SSSR count). The predicted molar refractivity (Wildman–Crippen MR) is 90.7 cm³/mol. The van der Waals surface area contributed by atoms with Gasteiger partial charge in [0.25, 0.3) is 5.91 Å². The number of esters is 1. The van der Waals surface area contributed by atoms with Crippen LogP contribution in [-0.4, -0.2) is 18.0 Å². The maximum atomic E-state index is 13.1. The van der Waals surface area contributed by atoms with Crippen molar-refractivity contribution in [2.45, 2.75) is 13.0 Å². The second-order valence-corrected chi connectivity index (χ2v) is 5.26. The third-order valence-corrected chi connectivity index (χ3v) is 3.30. The Balaban J connectivity index is 1.90. The van der Waals surface area contributed by atoms with Crippen LogP contribution >= 0.6 is 0 Å². The highest BCUT2D eigenvalue weighted by Gasteiger charge is 2.17. The molecular weight excluding hydrogens is 342 g/mol. The molecule has 0 aromatic heterocycles. The summed E-state index contributed by atoms with van der Waals surface area (Å²) in [5.41, 5.74) is 1.22. The first kappa shape index (κ1) is 18.8. The van der Waals surface area contributed by atoms with E-state index in [2.05, 4.69) is 5.32 Å². The molecule has 0 aliphatic rings. The fraction of sp³-hybridized carbons (Fsp3) is 0.105. The number of carbonyl (C=O) groups excluding carboxylic acids is 2. The molecule has 0 aliphatic carbocycles. The molecule has 26 heavy (non-hydrogen) atoms. The highest BCUT2D eigenvalue weighted by Crippen LogP contribution is 2.14. The molecule has 0 bridgehead atoms. The van der Waals surface area contributed by atoms with Crippen molar-refractivity contribution >= 4 is 23.6 Å². The Kier molecular flexibility index (Phi) is 6.17. The highest BCUT2D eigenvalue weighted by atomic mass is 19.2. The number of ether oxygens (including phenoxy) is 1. The van der Waals surface area contributed by atoms with E-state index < -0.39 is 29.6 Å². The topological polar surface area (TPSA) is 79.2 Å². The van der Waals surface area contributed by atoms with Gasteiger partial charge < -0.3 is 10.1 Å². The summed E-state index contributed by atoms with van der Waals surface area (Å²) in [4.78, 5) is 23.7. The summed E-state index contributed by atoms with van der Waals surface area (Å²) in [6.07, 6.45) is 1.48. The van der Waals surface area contributed by atoms with Crippen LogP contribution in [0.4, 0.5) is 14.5 Å². The second-order valence-electron chi connectivity index (χ2n) is 5.26. The smallest absolute Gasteiger partial charge is 0.331 e. The van der Waals surface area contributed by atoms with E-state index in [1.807, 2.05) is 6.07 Å². The summed E-state index contributed by atoms with van der Waals surface area (Å²) < 4.78 is 30.9. The van der Waals surface area contributed by atoms with Gasteiger partial charge in [-0.2, -0.15) is 5.26 Å². The minimum atomic E-state index is -1.14. The van der Waals surface area contributed by atoms with Crippen molar-refractivity contribution < 1.29 is 23.1 Å². The summed E-state index contributed by atoms with van der Waals surface area (Å²) in [5.74, 6) is -3.56. The molecule has 0 heterocycles. The maximum Gasteiger partial charge on any atom is 0.331 e. The Morgan fingerprint density at radius 3 is 2.46 bits per heavy atom. The zero-order chi connectivity index (χ0) is 19.1. The molecule has 0 saturated heterocycles. The Hall–Kier alpha value is -3.53. The largest absolute Gasteiger partial charge is 0.449 e. The number of halogens is 2. The predicted octanol–water partition coefficient (Wildman–Crippen LogP) is 3.42. The van der Waals surface area contributed by atoms with Crippen LogP contribution in [0.25, 0.3) is 6.08 Å². The van der Waals surface area contributed by atoms with Gasteiger partial charge in [0.15, 0.2) is 17.7 Å². The molecule has 0 saturated carbocycles. The van der Waals surface area contributed by atoms with Crippen LogP contribution in [0.1, 0.15) is 18.1 Å². The number of amides is 1. The lowest BCUT2D eigenvalue weighted by molar-refractivity contribution is -0.148. The minimum absolute atomic E-state index is 0.0462. The molecule has 0 spiro atoms. The van der Waals surface area contributed by atoms with Crippen LogP contribution in [0.2, 0.25) is 0 Å². The van der Waals surface area contributed by atoms with Gasteiger partial charge in [0.1, 0.15) is 0 Å². The molecule has 0 aliphatic heterocycles. The first-order valence-electron chi connectivity index (χ1n) is 7.54. The van der Waals surface area contributed by atoms with Crippen LogP contribution in [0.5, 0.6) is 0 Å². The Morgan fingerprint density at radius 1 is 1.15 bits per heavy atom. The first-order chi connectivity index (χ1) is 12.4. The van der Waals surface area contributed by atoms with E-state index in [1.54, 1.807) is 24.3 Å². The molecule has 0 unspecified atom stereocenters. The quantitative estimate of drug-likeness (QED) is 0.658. The van der Waals surface area contributed by atoms with Gasteiger partial charge in [0, 0.05) is 17.8 Å². The van der Waals surface area contributed by atoms with Crippen molar-refractivity contribution in [2.75, 3.05) is 5.32 Å². The van der Waals surface area contributed by atoms with Crippen molar-refractivity contribution in [3.63, 3.8) is 0 Å². The zero-order valence-electron chi connectivity index (χ0n) is 13.7. The lowest BCUT2D eigenvalue weighted by Gasteiger charge is -2.12. The van der Waals surface area contributed by atoms with E-state index in [0.29, 0.717) is 11.1 Å². The summed E-state index contributed by atoms with van der Waals surface area (Å²) in [6.45, 7) is 1.35. The van der Waals surface area contributed by atoms with Crippen LogP contribution in [-0.2, 0) is 14.3 Å². The number of benzene rings is 2. The van der Waals surface area contributed by atoms with Gasteiger partial charge in [-0.25, -0.2) is 13.6 Å². The first-order valence-corrected chi connectivity index (χ1v) is 7.54. The van der Waals surface area contributed by atoms with Gasteiger partial charge in [-0.3, -0.25) is 4.79 Å². The average molecular weight is 356 g/mol. The van der Waals surface area contributed by atoms with Crippen molar-refractivity contribution in [3.05, 3.63) is 71.3 Å². The molecule has 5 nitrogen and oxygen atoms in total. The standard InChI is InChI=1S/C19H14F2N2O3/c1-12(19(25)23-15-7-8-16(20)17(21)10-15)26-18(24)9-6-13-2-4-14(11-22)5-3-13/h2-10,12H,1H3,(H,23,25)/b9-6+/t12-/m1/s1. The van der Waals surface area contributed by atoms with E-state index >= 15 is 0 Å². The normalized spacial score (nSPS) is 11.6. The summed E-state index contributed by atoms with van der Waals surface area (Å²) >= 11 is 0. The van der Waals surface area contributed by atoms with Gasteiger partial charge in [0.05, 0.1) is 11.6 Å². The number of nitriles is 1. The van der Waals surface area contributed by atoms with Crippen molar-refractivity contribution in [2.24, 2.45) is 0 Å². The molecule has 2 aromatic rings. The van der Waals surface area contributed by atoms with E-state index in [-0.39, 0.29) is 5.69 Å². The van der Waals surface area contributed by atoms with Gasteiger partial charge in [-0.05, 0) is 42.8 Å². The summed E-state index contributed by atoms with van der Waals surface area (Å²) in [5, 5.41) is 11.0. The number of carbonyl (C=O) groups is 2. The molecule has 7 heteroatoms. The van der Waals surface area contributed by atoms with Crippen molar-refractivity contribution in [3.8, 4) is 6.07 Å². The van der Waals surface area contributed by atoms with Gasteiger partial charge in [-0.15, -0.1) is 0 Å². The molecular formula is C19H14F2N2O3. The number of rotatable bonds is 5. The van der Waals surface area contributed by atoms with Crippen LogP contribution in [0, 0.1) is 23.0 Å². The lowest BCUT2D eigenvalue weighted by atomic mass is 10.1. The van der Waals surface area contributed by atoms with Gasteiger partial charge >= 0.3 is 5.97 Å².